The fourth-order valence-electron chi connectivity index (χ4n) is 2.96. The van der Waals surface area contributed by atoms with E-state index in [2.05, 4.69) is 36.9 Å². The van der Waals surface area contributed by atoms with E-state index in [0.717, 1.165) is 30.9 Å². The first-order valence-corrected chi connectivity index (χ1v) is 8.44. The van der Waals surface area contributed by atoms with E-state index in [-0.39, 0.29) is 5.15 Å². The number of hydrogen-bond donors (Lipinski definition) is 1. The van der Waals surface area contributed by atoms with Crippen molar-refractivity contribution in [1.29, 1.82) is 0 Å². The summed E-state index contributed by atoms with van der Waals surface area (Å²) in [5.41, 5.74) is 1.44. The Labute approximate surface area is 153 Å². The summed E-state index contributed by atoms with van der Waals surface area (Å²) in [5, 5.41) is 14.4. The van der Waals surface area contributed by atoms with Crippen molar-refractivity contribution in [2.75, 3.05) is 38.1 Å². The molecule has 9 nitrogen and oxygen atoms in total. The Morgan fingerprint density at radius 3 is 2.46 bits per heavy atom. The Bertz CT molecular complexity index is 965. The van der Waals surface area contributed by atoms with Crippen molar-refractivity contribution in [2.24, 2.45) is 0 Å². The smallest absolute Gasteiger partial charge is 0.432 e. The molecule has 1 fully saturated rings. The van der Waals surface area contributed by atoms with Gasteiger partial charge in [0.1, 0.15) is 10.8 Å². The van der Waals surface area contributed by atoms with E-state index in [1.54, 1.807) is 18.5 Å². The van der Waals surface area contributed by atoms with Crippen LogP contribution in [0.3, 0.4) is 0 Å². The van der Waals surface area contributed by atoms with Gasteiger partial charge in [0.25, 0.3) is 0 Å². The Morgan fingerprint density at radius 1 is 1.12 bits per heavy atom. The molecule has 0 spiro atoms. The minimum atomic E-state index is -1.19. The Hall–Kier alpha value is -2.78. The second-order valence-corrected chi connectivity index (χ2v) is 6.52. The summed E-state index contributed by atoms with van der Waals surface area (Å²) >= 11 is 5.97. The molecule has 0 atom stereocenters. The van der Waals surface area contributed by atoms with Crippen molar-refractivity contribution < 1.29 is 9.90 Å². The number of carbonyl (C=O) groups is 1. The number of carboxylic acid groups (broad SMARTS) is 1. The summed E-state index contributed by atoms with van der Waals surface area (Å²) in [7, 11) is 2.09. The number of likely N-dealkylation sites (N-methyl/N-ethyl adjacent to an activating group) is 1. The van der Waals surface area contributed by atoms with Crippen LogP contribution in [0.1, 0.15) is 0 Å². The average Bonchev–Trinajstić information content (AvgIpc) is 3.01. The van der Waals surface area contributed by atoms with E-state index < -0.39 is 6.09 Å². The highest BCUT2D eigenvalue weighted by Crippen LogP contribution is 2.29. The lowest BCUT2D eigenvalue weighted by atomic mass is 10.1. The minimum absolute atomic E-state index is 0.263. The SMILES string of the molecule is CN1CCN(c2ncc(-c3nn(C(=O)O)c4cnc(Cl)cc34)cn2)CC1. The molecule has 0 radical (unpaired) electrons. The predicted molar refractivity (Wildman–Crippen MR) is 96.7 cm³/mol. The van der Waals surface area contributed by atoms with Crippen LogP contribution in [0.25, 0.3) is 22.2 Å². The molecule has 0 unspecified atom stereocenters. The number of hydrogen-bond acceptors (Lipinski definition) is 7. The summed E-state index contributed by atoms with van der Waals surface area (Å²) in [5.74, 6) is 0.656. The van der Waals surface area contributed by atoms with Crippen LogP contribution in [0.4, 0.5) is 10.7 Å². The number of nitrogens with zero attached hydrogens (tertiary/aromatic N) is 7. The van der Waals surface area contributed by atoms with Crippen molar-refractivity contribution >= 4 is 34.5 Å². The van der Waals surface area contributed by atoms with Crippen molar-refractivity contribution in [3.63, 3.8) is 0 Å². The number of fused-ring (bicyclic) bond motifs is 1. The molecule has 4 heterocycles. The second-order valence-electron chi connectivity index (χ2n) is 6.13. The van der Waals surface area contributed by atoms with E-state index in [1.165, 1.54) is 6.20 Å². The number of piperazine rings is 1. The zero-order valence-corrected chi connectivity index (χ0v) is 14.8. The van der Waals surface area contributed by atoms with Gasteiger partial charge in [-0.15, -0.1) is 0 Å². The third-order valence-electron chi connectivity index (χ3n) is 4.41. The number of rotatable bonds is 2. The number of aromatic nitrogens is 5. The zero-order valence-electron chi connectivity index (χ0n) is 14.0. The average molecular weight is 374 g/mol. The Morgan fingerprint density at radius 2 is 1.81 bits per heavy atom. The fraction of sp³-hybridized carbons (Fsp3) is 0.312. The van der Waals surface area contributed by atoms with E-state index in [0.29, 0.717) is 28.1 Å². The normalized spacial score (nSPS) is 15.5. The second kappa shape index (κ2) is 6.50. The van der Waals surface area contributed by atoms with E-state index in [1.807, 2.05) is 0 Å². The Balaban J connectivity index is 1.71. The molecule has 0 saturated carbocycles. The van der Waals surface area contributed by atoms with Gasteiger partial charge in [0.15, 0.2) is 0 Å². The van der Waals surface area contributed by atoms with Gasteiger partial charge in [0, 0.05) is 49.5 Å². The first-order chi connectivity index (χ1) is 12.5. The molecule has 4 rings (SSSR count). The van der Waals surface area contributed by atoms with Crippen LogP contribution in [-0.2, 0) is 0 Å². The molecular formula is C16H16ClN7O2. The predicted octanol–water partition coefficient (Wildman–Crippen LogP) is 1.82. The van der Waals surface area contributed by atoms with E-state index >= 15 is 0 Å². The summed E-state index contributed by atoms with van der Waals surface area (Å²) in [6, 6.07) is 1.59. The minimum Gasteiger partial charge on any atom is -0.463 e. The molecule has 10 heteroatoms. The molecule has 0 bridgehead atoms. The maximum Gasteiger partial charge on any atom is 0.432 e. The standard InChI is InChI=1S/C16H16ClN7O2/c1-22-2-4-23(5-3-22)15-19-7-10(8-20-15)14-11-6-13(17)18-9-12(11)24(21-14)16(25)26/h6-9H,2-5H2,1H3,(H,25,26). The number of pyridine rings is 1. The molecule has 1 saturated heterocycles. The highest BCUT2D eigenvalue weighted by atomic mass is 35.5. The van der Waals surface area contributed by atoms with Gasteiger partial charge in [0.2, 0.25) is 5.95 Å². The van der Waals surface area contributed by atoms with E-state index in [9.17, 15) is 9.90 Å². The van der Waals surface area contributed by atoms with Crippen LogP contribution in [0.2, 0.25) is 5.15 Å². The van der Waals surface area contributed by atoms with Crippen LogP contribution in [0.15, 0.2) is 24.7 Å². The van der Waals surface area contributed by atoms with Crippen LogP contribution in [-0.4, -0.2) is 74.1 Å². The molecule has 134 valence electrons. The molecule has 1 N–H and O–H groups in total. The lowest BCUT2D eigenvalue weighted by Crippen LogP contribution is -2.45. The highest BCUT2D eigenvalue weighted by molar-refractivity contribution is 6.30. The number of halogens is 1. The molecule has 1 aliphatic rings. The first-order valence-electron chi connectivity index (χ1n) is 8.06. The van der Waals surface area contributed by atoms with Gasteiger partial charge < -0.3 is 14.9 Å². The molecular weight excluding hydrogens is 358 g/mol. The molecule has 26 heavy (non-hydrogen) atoms. The third kappa shape index (κ3) is 2.95. The van der Waals surface area contributed by atoms with Gasteiger partial charge in [-0.2, -0.15) is 9.78 Å². The van der Waals surface area contributed by atoms with Crippen molar-refractivity contribution in [2.45, 2.75) is 0 Å². The topological polar surface area (TPSA) is 100 Å². The highest BCUT2D eigenvalue weighted by Gasteiger charge is 2.19. The zero-order chi connectivity index (χ0) is 18.3. The first kappa shape index (κ1) is 16.7. The molecule has 3 aromatic heterocycles. The number of anilines is 1. The summed E-state index contributed by atoms with van der Waals surface area (Å²) in [6.07, 6.45) is 3.51. The van der Waals surface area contributed by atoms with Gasteiger partial charge in [-0.3, -0.25) is 0 Å². The van der Waals surface area contributed by atoms with Crippen LogP contribution < -0.4 is 4.90 Å². The fourth-order valence-corrected chi connectivity index (χ4v) is 3.12. The summed E-state index contributed by atoms with van der Waals surface area (Å²) < 4.78 is 0.877. The van der Waals surface area contributed by atoms with Gasteiger partial charge >= 0.3 is 6.09 Å². The largest absolute Gasteiger partial charge is 0.463 e. The van der Waals surface area contributed by atoms with Crippen LogP contribution in [0.5, 0.6) is 0 Å². The van der Waals surface area contributed by atoms with E-state index in [4.69, 9.17) is 11.6 Å². The molecule has 0 amide bonds. The van der Waals surface area contributed by atoms with Crippen molar-refractivity contribution in [3.05, 3.63) is 29.8 Å². The molecule has 0 aliphatic carbocycles. The van der Waals surface area contributed by atoms with Crippen LogP contribution in [0, 0.1) is 0 Å². The van der Waals surface area contributed by atoms with Gasteiger partial charge in [-0.05, 0) is 13.1 Å². The maximum absolute atomic E-state index is 11.4. The van der Waals surface area contributed by atoms with Crippen molar-refractivity contribution in [1.82, 2.24) is 29.6 Å². The lowest BCUT2D eigenvalue weighted by molar-refractivity contribution is 0.194. The summed E-state index contributed by atoms with van der Waals surface area (Å²) in [4.78, 5) is 28.6. The third-order valence-corrected chi connectivity index (χ3v) is 4.62. The quantitative estimate of drug-likeness (QED) is 0.679. The summed E-state index contributed by atoms with van der Waals surface area (Å²) in [6.45, 7) is 3.66. The van der Waals surface area contributed by atoms with Gasteiger partial charge in [-0.1, -0.05) is 11.6 Å². The molecule has 1 aliphatic heterocycles. The van der Waals surface area contributed by atoms with Crippen LogP contribution >= 0.6 is 11.6 Å². The Kier molecular flexibility index (Phi) is 4.17. The monoisotopic (exact) mass is 373 g/mol. The molecule has 3 aromatic rings. The van der Waals surface area contributed by atoms with Gasteiger partial charge in [-0.25, -0.2) is 19.7 Å². The van der Waals surface area contributed by atoms with Gasteiger partial charge in [0.05, 0.1) is 11.7 Å². The van der Waals surface area contributed by atoms with Crippen molar-refractivity contribution in [3.8, 4) is 11.3 Å². The lowest BCUT2D eigenvalue weighted by Gasteiger charge is -2.32. The molecule has 0 aromatic carbocycles. The maximum atomic E-state index is 11.4.